The highest BCUT2D eigenvalue weighted by Crippen LogP contribution is 2.17. The number of para-hydroxylation sites is 1. The molecule has 0 N–H and O–H groups in total. The summed E-state index contributed by atoms with van der Waals surface area (Å²) < 4.78 is 5.65. The first-order valence-electron chi connectivity index (χ1n) is 7.86. The molecule has 1 saturated heterocycles. The molecule has 0 saturated carbocycles. The molecule has 0 atom stereocenters. The van der Waals surface area contributed by atoms with Crippen LogP contribution >= 0.6 is 0 Å². The Bertz CT molecular complexity index is 652. The van der Waals surface area contributed by atoms with Crippen molar-refractivity contribution in [2.24, 2.45) is 0 Å². The number of hydrogen-bond acceptors (Lipinski definition) is 4. The van der Waals surface area contributed by atoms with E-state index in [-0.39, 0.29) is 12.5 Å². The van der Waals surface area contributed by atoms with E-state index in [0.717, 1.165) is 30.2 Å². The highest BCUT2D eigenvalue weighted by atomic mass is 16.5. The van der Waals surface area contributed by atoms with Gasteiger partial charge >= 0.3 is 0 Å². The smallest absolute Gasteiger partial charge is 0.260 e. The Kier molecular flexibility index (Phi) is 4.76. The van der Waals surface area contributed by atoms with Crippen LogP contribution in [0.2, 0.25) is 0 Å². The monoisotopic (exact) mass is 311 g/mol. The molecule has 23 heavy (non-hydrogen) atoms. The van der Waals surface area contributed by atoms with Crippen molar-refractivity contribution in [1.82, 2.24) is 9.88 Å². The van der Waals surface area contributed by atoms with Crippen molar-refractivity contribution in [3.05, 3.63) is 54.2 Å². The predicted molar refractivity (Wildman–Crippen MR) is 89.7 cm³/mol. The molecule has 1 amide bonds. The molecule has 3 rings (SSSR count). The lowest BCUT2D eigenvalue weighted by atomic mass is 10.2. The minimum Gasteiger partial charge on any atom is -0.484 e. The number of pyridine rings is 1. The van der Waals surface area contributed by atoms with Gasteiger partial charge in [0.05, 0.1) is 0 Å². The largest absolute Gasteiger partial charge is 0.484 e. The second-order valence-electron chi connectivity index (χ2n) is 5.61. The number of hydrogen-bond donors (Lipinski definition) is 0. The molecule has 0 spiro atoms. The van der Waals surface area contributed by atoms with Gasteiger partial charge in [0, 0.05) is 32.4 Å². The first-order chi connectivity index (χ1) is 11.2. The molecule has 120 valence electrons. The number of rotatable bonds is 4. The fourth-order valence-corrected chi connectivity index (χ4v) is 2.67. The van der Waals surface area contributed by atoms with Crippen LogP contribution in [0.4, 0.5) is 5.82 Å². The molecule has 2 aromatic rings. The van der Waals surface area contributed by atoms with Crippen molar-refractivity contribution in [2.45, 2.75) is 6.92 Å². The fourth-order valence-electron chi connectivity index (χ4n) is 2.67. The highest BCUT2D eigenvalue weighted by Gasteiger charge is 2.22. The van der Waals surface area contributed by atoms with Crippen LogP contribution in [-0.2, 0) is 4.79 Å². The summed E-state index contributed by atoms with van der Waals surface area (Å²) in [6.07, 6.45) is 1.79. The molecule has 0 unspecified atom stereocenters. The average Bonchev–Trinajstić information content (AvgIpc) is 2.62. The van der Waals surface area contributed by atoms with Crippen molar-refractivity contribution >= 4 is 11.7 Å². The minimum absolute atomic E-state index is 0.0360. The van der Waals surface area contributed by atoms with Crippen molar-refractivity contribution in [1.29, 1.82) is 0 Å². The number of carbonyl (C=O) groups is 1. The molecule has 1 aliphatic rings. The first kappa shape index (κ1) is 15.3. The molecule has 5 heteroatoms. The summed E-state index contributed by atoms with van der Waals surface area (Å²) in [7, 11) is 0. The molecule has 1 aliphatic heterocycles. The lowest BCUT2D eigenvalue weighted by Gasteiger charge is -2.35. The van der Waals surface area contributed by atoms with Crippen LogP contribution in [0.5, 0.6) is 5.75 Å². The van der Waals surface area contributed by atoms with Crippen molar-refractivity contribution in [2.75, 3.05) is 37.7 Å². The van der Waals surface area contributed by atoms with Gasteiger partial charge in [-0.1, -0.05) is 24.3 Å². The standard InChI is InChI=1S/C18H21N3O2/c1-15-6-2-3-7-16(15)23-14-18(22)21-12-10-20(11-13-21)17-8-4-5-9-19-17/h2-9H,10-14H2,1H3. The molecule has 1 aromatic carbocycles. The zero-order valence-electron chi connectivity index (χ0n) is 13.3. The van der Waals surface area contributed by atoms with Gasteiger partial charge in [-0.3, -0.25) is 4.79 Å². The molecule has 1 aromatic heterocycles. The topological polar surface area (TPSA) is 45.7 Å². The van der Waals surface area contributed by atoms with E-state index < -0.39 is 0 Å². The molecule has 1 fully saturated rings. The second kappa shape index (κ2) is 7.13. The van der Waals surface area contributed by atoms with Gasteiger partial charge < -0.3 is 14.5 Å². The number of aromatic nitrogens is 1. The highest BCUT2D eigenvalue weighted by molar-refractivity contribution is 5.78. The van der Waals surface area contributed by atoms with Gasteiger partial charge in [-0.15, -0.1) is 0 Å². The van der Waals surface area contributed by atoms with Gasteiger partial charge in [0.25, 0.3) is 5.91 Å². The third kappa shape index (κ3) is 3.80. The van der Waals surface area contributed by atoms with Crippen LogP contribution in [-0.4, -0.2) is 48.6 Å². The zero-order chi connectivity index (χ0) is 16.1. The SMILES string of the molecule is Cc1ccccc1OCC(=O)N1CCN(c2ccccn2)CC1. The number of amides is 1. The van der Waals surface area contributed by atoms with Gasteiger partial charge in [-0.05, 0) is 30.7 Å². The van der Waals surface area contributed by atoms with Crippen LogP contribution < -0.4 is 9.64 Å². The van der Waals surface area contributed by atoms with E-state index in [0.29, 0.717) is 13.1 Å². The Morgan fingerprint density at radius 3 is 2.52 bits per heavy atom. The minimum atomic E-state index is 0.0360. The van der Waals surface area contributed by atoms with Crippen molar-refractivity contribution in [3.8, 4) is 5.75 Å². The van der Waals surface area contributed by atoms with Crippen LogP contribution in [0.25, 0.3) is 0 Å². The number of benzene rings is 1. The van der Waals surface area contributed by atoms with Crippen LogP contribution in [0.3, 0.4) is 0 Å². The molecule has 2 heterocycles. The quantitative estimate of drug-likeness (QED) is 0.868. The summed E-state index contributed by atoms with van der Waals surface area (Å²) in [4.78, 5) is 20.7. The Balaban J connectivity index is 1.50. The molecular formula is C18H21N3O2. The summed E-state index contributed by atoms with van der Waals surface area (Å²) in [6, 6.07) is 13.6. The lowest BCUT2D eigenvalue weighted by molar-refractivity contribution is -0.133. The molecule has 5 nitrogen and oxygen atoms in total. The molecular weight excluding hydrogens is 290 g/mol. The Morgan fingerprint density at radius 2 is 1.83 bits per heavy atom. The van der Waals surface area contributed by atoms with Crippen molar-refractivity contribution < 1.29 is 9.53 Å². The van der Waals surface area contributed by atoms with Gasteiger partial charge in [0.1, 0.15) is 11.6 Å². The number of anilines is 1. The Labute approximate surface area is 136 Å². The van der Waals surface area contributed by atoms with E-state index >= 15 is 0 Å². The van der Waals surface area contributed by atoms with Gasteiger partial charge in [0.15, 0.2) is 6.61 Å². The normalized spacial score (nSPS) is 14.7. The number of carbonyl (C=O) groups excluding carboxylic acids is 1. The van der Waals surface area contributed by atoms with E-state index in [1.54, 1.807) is 6.20 Å². The Morgan fingerprint density at radius 1 is 1.09 bits per heavy atom. The maximum Gasteiger partial charge on any atom is 0.260 e. The van der Waals surface area contributed by atoms with E-state index in [1.165, 1.54) is 0 Å². The molecule has 0 aliphatic carbocycles. The number of nitrogens with zero attached hydrogens (tertiary/aromatic N) is 3. The van der Waals surface area contributed by atoms with Gasteiger partial charge in [-0.2, -0.15) is 0 Å². The van der Waals surface area contributed by atoms with E-state index in [9.17, 15) is 4.79 Å². The van der Waals surface area contributed by atoms with E-state index in [4.69, 9.17) is 4.74 Å². The van der Waals surface area contributed by atoms with Crippen LogP contribution in [0.15, 0.2) is 48.7 Å². The summed E-state index contributed by atoms with van der Waals surface area (Å²) in [6.45, 7) is 5.07. The maximum absolute atomic E-state index is 12.3. The fraction of sp³-hybridized carbons (Fsp3) is 0.333. The summed E-state index contributed by atoms with van der Waals surface area (Å²) in [5.41, 5.74) is 1.04. The van der Waals surface area contributed by atoms with Gasteiger partial charge in [0.2, 0.25) is 0 Å². The Hall–Kier alpha value is -2.56. The number of piperazine rings is 1. The summed E-state index contributed by atoms with van der Waals surface area (Å²) >= 11 is 0. The third-order valence-corrected chi connectivity index (χ3v) is 4.05. The van der Waals surface area contributed by atoms with Crippen molar-refractivity contribution in [3.63, 3.8) is 0 Å². The maximum atomic E-state index is 12.3. The number of aryl methyl sites for hydroxylation is 1. The predicted octanol–water partition coefficient (Wildman–Crippen LogP) is 2.12. The van der Waals surface area contributed by atoms with E-state index in [1.807, 2.05) is 54.3 Å². The first-order valence-corrected chi connectivity index (χ1v) is 7.86. The second-order valence-corrected chi connectivity index (χ2v) is 5.61. The molecule has 0 radical (unpaired) electrons. The van der Waals surface area contributed by atoms with Crippen LogP contribution in [0, 0.1) is 6.92 Å². The van der Waals surface area contributed by atoms with E-state index in [2.05, 4.69) is 9.88 Å². The van der Waals surface area contributed by atoms with Crippen LogP contribution in [0.1, 0.15) is 5.56 Å². The molecule has 0 bridgehead atoms. The number of ether oxygens (including phenoxy) is 1. The summed E-state index contributed by atoms with van der Waals surface area (Å²) in [5.74, 6) is 1.78. The summed E-state index contributed by atoms with van der Waals surface area (Å²) in [5, 5.41) is 0. The lowest BCUT2D eigenvalue weighted by Crippen LogP contribution is -2.50. The average molecular weight is 311 g/mol. The zero-order valence-corrected chi connectivity index (χ0v) is 13.3. The third-order valence-electron chi connectivity index (χ3n) is 4.05. The van der Waals surface area contributed by atoms with Gasteiger partial charge in [-0.25, -0.2) is 4.98 Å².